The van der Waals surface area contributed by atoms with Crippen molar-refractivity contribution in [2.75, 3.05) is 36.2 Å². The normalized spacial score (nSPS) is 12.7. The number of aryl methyl sites for hydroxylation is 1. The number of sulfonamides is 1. The standard InChI is InChI=1S/C32H29N5O6S2/c1-45(40,41)36-30(38)29-27(42-18-7-10-21-8-3-2-4-9-21)16-14-23(33-29)22-13-15-26-25(20-22)37(17-19-43-26)32(39)35-31-34-24-11-5-6-12-28(24)44-31/h2-6,8-9,11-16,20H,7,10,17-19H2,1H3,(H,36,38)(H,34,35,39). The first-order chi connectivity index (χ1) is 21.7. The number of ether oxygens (including phenoxy) is 2. The number of anilines is 2. The summed E-state index contributed by atoms with van der Waals surface area (Å²) in [6.07, 6.45) is 2.35. The van der Waals surface area contributed by atoms with Crippen LogP contribution >= 0.6 is 11.3 Å². The second-order valence-electron chi connectivity index (χ2n) is 10.3. The monoisotopic (exact) mass is 643 g/mol. The number of amides is 3. The Morgan fingerprint density at radius 3 is 2.60 bits per heavy atom. The van der Waals surface area contributed by atoms with Crippen LogP contribution in [0.1, 0.15) is 22.5 Å². The van der Waals surface area contributed by atoms with E-state index in [9.17, 15) is 18.0 Å². The van der Waals surface area contributed by atoms with E-state index in [0.717, 1.165) is 28.5 Å². The van der Waals surface area contributed by atoms with E-state index in [2.05, 4.69) is 15.3 Å². The number of para-hydroxylation sites is 1. The maximum atomic E-state index is 13.4. The third-order valence-electron chi connectivity index (χ3n) is 6.93. The summed E-state index contributed by atoms with van der Waals surface area (Å²) in [4.78, 5) is 37.0. The van der Waals surface area contributed by atoms with Crippen molar-refractivity contribution < 1.29 is 27.5 Å². The van der Waals surface area contributed by atoms with Crippen molar-refractivity contribution in [3.8, 4) is 22.8 Å². The maximum absolute atomic E-state index is 13.4. The SMILES string of the molecule is CS(=O)(=O)NC(=O)c1nc(-c2ccc3c(c2)N(C(=O)Nc2nc4ccccc4s2)CCO3)ccc1OCCCc1ccccc1. The molecule has 3 amide bonds. The molecule has 5 aromatic rings. The summed E-state index contributed by atoms with van der Waals surface area (Å²) in [6, 6.07) is 25.7. The minimum Gasteiger partial charge on any atom is -0.491 e. The minimum absolute atomic E-state index is 0.158. The Morgan fingerprint density at radius 2 is 1.80 bits per heavy atom. The number of thiazole rings is 1. The van der Waals surface area contributed by atoms with E-state index < -0.39 is 15.9 Å². The Labute approximate surface area is 263 Å². The van der Waals surface area contributed by atoms with E-state index in [1.807, 2.05) is 59.3 Å². The maximum Gasteiger partial charge on any atom is 0.328 e. The van der Waals surface area contributed by atoms with Crippen LogP contribution in [0.4, 0.5) is 15.6 Å². The molecule has 0 saturated carbocycles. The third-order valence-corrected chi connectivity index (χ3v) is 8.44. The molecule has 2 N–H and O–H groups in total. The summed E-state index contributed by atoms with van der Waals surface area (Å²) in [5, 5.41) is 3.37. The van der Waals surface area contributed by atoms with Crippen LogP contribution in [0.25, 0.3) is 21.5 Å². The largest absolute Gasteiger partial charge is 0.491 e. The number of nitrogens with one attached hydrogen (secondary N) is 2. The van der Waals surface area contributed by atoms with Gasteiger partial charge in [-0.25, -0.2) is 27.9 Å². The number of urea groups is 1. The molecular weight excluding hydrogens is 615 g/mol. The number of carbonyl (C=O) groups is 2. The van der Waals surface area contributed by atoms with Crippen LogP contribution in [0.2, 0.25) is 0 Å². The van der Waals surface area contributed by atoms with Gasteiger partial charge in [-0.15, -0.1) is 0 Å². The molecule has 45 heavy (non-hydrogen) atoms. The zero-order valence-corrected chi connectivity index (χ0v) is 25.9. The van der Waals surface area contributed by atoms with E-state index in [1.165, 1.54) is 11.3 Å². The van der Waals surface area contributed by atoms with Crippen LogP contribution in [0, 0.1) is 0 Å². The Hall–Kier alpha value is -5.01. The summed E-state index contributed by atoms with van der Waals surface area (Å²) < 4.78 is 38.4. The second kappa shape index (κ2) is 12.9. The molecule has 1 aliphatic rings. The van der Waals surface area contributed by atoms with Gasteiger partial charge in [-0.1, -0.05) is 53.8 Å². The molecule has 0 bridgehead atoms. The molecule has 13 heteroatoms. The van der Waals surface area contributed by atoms with E-state index in [1.54, 1.807) is 35.2 Å². The molecule has 2 aromatic heterocycles. The number of pyridine rings is 1. The first-order valence-corrected chi connectivity index (χ1v) is 16.9. The van der Waals surface area contributed by atoms with Gasteiger partial charge >= 0.3 is 6.03 Å². The molecule has 1 aliphatic heterocycles. The van der Waals surface area contributed by atoms with Gasteiger partial charge in [0.15, 0.2) is 16.6 Å². The quantitative estimate of drug-likeness (QED) is 0.201. The lowest BCUT2D eigenvalue weighted by Crippen LogP contribution is -2.40. The molecule has 0 unspecified atom stereocenters. The second-order valence-corrected chi connectivity index (χ2v) is 13.1. The van der Waals surface area contributed by atoms with Crippen molar-refractivity contribution in [1.82, 2.24) is 14.7 Å². The van der Waals surface area contributed by atoms with Gasteiger partial charge in [-0.05, 0) is 60.9 Å². The number of hydrogen-bond donors (Lipinski definition) is 2. The number of fused-ring (bicyclic) bond motifs is 2. The highest BCUT2D eigenvalue weighted by Gasteiger charge is 2.26. The Morgan fingerprint density at radius 1 is 1.00 bits per heavy atom. The van der Waals surface area contributed by atoms with Crippen molar-refractivity contribution in [2.45, 2.75) is 12.8 Å². The average molecular weight is 644 g/mol. The Kier molecular flexibility index (Phi) is 8.62. The van der Waals surface area contributed by atoms with Crippen molar-refractivity contribution in [2.24, 2.45) is 0 Å². The molecule has 3 heterocycles. The van der Waals surface area contributed by atoms with Crippen molar-refractivity contribution in [3.63, 3.8) is 0 Å². The van der Waals surface area contributed by atoms with Crippen molar-refractivity contribution in [1.29, 1.82) is 0 Å². The van der Waals surface area contributed by atoms with Gasteiger partial charge in [0.05, 0.1) is 41.0 Å². The van der Waals surface area contributed by atoms with Crippen LogP contribution < -0.4 is 24.4 Å². The molecule has 230 valence electrons. The minimum atomic E-state index is -3.86. The number of hydrogen-bond acceptors (Lipinski definition) is 9. The Balaban J connectivity index is 1.25. The topological polar surface area (TPSA) is 140 Å². The zero-order chi connectivity index (χ0) is 31.4. The number of benzene rings is 3. The highest BCUT2D eigenvalue weighted by Crippen LogP contribution is 2.37. The van der Waals surface area contributed by atoms with Gasteiger partial charge in [0.25, 0.3) is 5.91 Å². The summed E-state index contributed by atoms with van der Waals surface area (Å²) in [7, 11) is -3.86. The van der Waals surface area contributed by atoms with Gasteiger partial charge in [0, 0.05) is 5.56 Å². The van der Waals surface area contributed by atoms with E-state index >= 15 is 0 Å². The molecule has 0 fully saturated rings. The molecule has 0 aliphatic carbocycles. The third kappa shape index (κ3) is 7.21. The fraction of sp³-hybridized carbons (Fsp3) is 0.188. The van der Waals surface area contributed by atoms with Gasteiger partial charge < -0.3 is 9.47 Å². The zero-order valence-electron chi connectivity index (χ0n) is 24.2. The molecule has 11 nitrogen and oxygen atoms in total. The number of aromatic nitrogens is 2. The fourth-order valence-corrected chi connectivity index (χ4v) is 6.17. The van der Waals surface area contributed by atoms with Gasteiger partial charge in [0.1, 0.15) is 12.4 Å². The molecule has 3 aromatic carbocycles. The van der Waals surface area contributed by atoms with Crippen molar-refractivity contribution >= 4 is 54.3 Å². The smallest absolute Gasteiger partial charge is 0.328 e. The highest BCUT2D eigenvalue weighted by atomic mass is 32.2. The van der Waals surface area contributed by atoms with Crippen molar-refractivity contribution in [3.05, 3.63) is 96.2 Å². The van der Waals surface area contributed by atoms with Crippen LogP contribution in [0.3, 0.4) is 0 Å². The van der Waals surface area contributed by atoms with Crippen LogP contribution in [-0.4, -0.2) is 56.3 Å². The highest BCUT2D eigenvalue weighted by molar-refractivity contribution is 7.89. The summed E-state index contributed by atoms with van der Waals surface area (Å²) in [5.41, 5.74) is 3.27. The lowest BCUT2D eigenvalue weighted by atomic mass is 10.1. The molecular formula is C32H29N5O6S2. The predicted molar refractivity (Wildman–Crippen MR) is 174 cm³/mol. The summed E-state index contributed by atoms with van der Waals surface area (Å²) in [6.45, 7) is 0.909. The summed E-state index contributed by atoms with van der Waals surface area (Å²) >= 11 is 1.38. The van der Waals surface area contributed by atoms with Gasteiger partial charge in [0.2, 0.25) is 10.0 Å². The molecule has 0 saturated heterocycles. The van der Waals surface area contributed by atoms with Gasteiger partial charge in [-0.3, -0.25) is 15.0 Å². The van der Waals surface area contributed by atoms with Crippen LogP contribution in [-0.2, 0) is 16.4 Å². The van der Waals surface area contributed by atoms with Crippen LogP contribution in [0.5, 0.6) is 11.5 Å². The average Bonchev–Trinajstić information content (AvgIpc) is 3.44. The van der Waals surface area contributed by atoms with Gasteiger partial charge in [-0.2, -0.15) is 0 Å². The number of rotatable bonds is 9. The number of nitrogens with zero attached hydrogens (tertiary/aromatic N) is 3. The fourth-order valence-electron chi connectivity index (χ4n) is 4.88. The molecule has 6 rings (SSSR count). The molecule has 0 spiro atoms. The van der Waals surface area contributed by atoms with E-state index in [4.69, 9.17) is 9.47 Å². The molecule has 0 radical (unpaired) electrons. The first kappa shape index (κ1) is 30.0. The predicted octanol–water partition coefficient (Wildman–Crippen LogP) is 5.49. The lowest BCUT2D eigenvalue weighted by molar-refractivity contribution is 0.0972. The first-order valence-electron chi connectivity index (χ1n) is 14.1. The summed E-state index contributed by atoms with van der Waals surface area (Å²) in [5.74, 6) is -0.237. The Bertz CT molecular complexity index is 1950. The molecule has 0 atom stereocenters. The van der Waals surface area contributed by atoms with E-state index in [0.29, 0.717) is 54.0 Å². The van der Waals surface area contributed by atoms with E-state index in [-0.39, 0.29) is 17.5 Å². The number of carbonyl (C=O) groups excluding carboxylic acids is 2. The van der Waals surface area contributed by atoms with Crippen LogP contribution in [0.15, 0.2) is 84.9 Å². The lowest BCUT2D eigenvalue weighted by Gasteiger charge is -2.29.